The van der Waals surface area contributed by atoms with Crippen molar-refractivity contribution < 1.29 is 32.4 Å². The number of nitrogens with zero attached hydrogens (tertiary/aromatic N) is 2. The number of esters is 1. The van der Waals surface area contributed by atoms with Gasteiger partial charge in [-0.05, 0) is 30.3 Å². The van der Waals surface area contributed by atoms with E-state index in [4.69, 9.17) is 4.74 Å². The Bertz CT molecular complexity index is 1030. The van der Waals surface area contributed by atoms with Crippen molar-refractivity contribution in [3.8, 4) is 0 Å². The number of hydrogen-bond donors (Lipinski definition) is 0. The Morgan fingerprint density at radius 1 is 1.04 bits per heavy atom. The average molecular weight is 404 g/mol. The van der Waals surface area contributed by atoms with Crippen molar-refractivity contribution in [1.82, 2.24) is 9.37 Å². The van der Waals surface area contributed by atoms with Crippen molar-refractivity contribution in [2.45, 2.75) is 4.90 Å². The highest BCUT2D eigenvalue weighted by Crippen LogP contribution is 2.22. The number of hydrogen-bond acceptors (Lipinski definition) is 7. The maximum atomic E-state index is 12.3. The van der Waals surface area contributed by atoms with Crippen LogP contribution in [0.1, 0.15) is 31.1 Å². The number of benzene rings is 2. The molecule has 3 rings (SSSR count). The fourth-order valence-electron chi connectivity index (χ4n) is 2.59. The van der Waals surface area contributed by atoms with Gasteiger partial charge in [0.25, 0.3) is 21.8 Å². The van der Waals surface area contributed by atoms with Crippen molar-refractivity contribution in [3.63, 3.8) is 0 Å². The summed E-state index contributed by atoms with van der Waals surface area (Å²) >= 11 is 0. The summed E-state index contributed by atoms with van der Waals surface area (Å²) in [4.78, 5) is 42.1. The molecule has 0 aliphatic carbocycles. The Morgan fingerprint density at radius 2 is 1.64 bits per heavy atom. The van der Waals surface area contributed by atoms with Crippen LogP contribution in [-0.4, -0.2) is 56.5 Å². The van der Waals surface area contributed by atoms with E-state index in [9.17, 15) is 22.8 Å². The van der Waals surface area contributed by atoms with Gasteiger partial charge >= 0.3 is 5.97 Å². The molecule has 2 aromatic rings. The van der Waals surface area contributed by atoms with Gasteiger partial charge in [-0.2, -0.15) is 0 Å². The SMILES string of the molecule is CON(C)S(=O)(=O)c1cccc(C(=O)OCN2C(=O)c3ccccc3C2=O)c1. The lowest BCUT2D eigenvalue weighted by atomic mass is 10.1. The van der Waals surface area contributed by atoms with E-state index in [1.165, 1.54) is 44.5 Å². The molecular weight excluding hydrogens is 388 g/mol. The molecule has 0 radical (unpaired) electrons. The minimum atomic E-state index is -3.94. The summed E-state index contributed by atoms with van der Waals surface area (Å²) in [6, 6.07) is 11.4. The van der Waals surface area contributed by atoms with E-state index < -0.39 is 34.5 Å². The van der Waals surface area contributed by atoms with Crippen LogP contribution in [-0.2, 0) is 19.6 Å². The fraction of sp³-hybridized carbons (Fsp3) is 0.167. The van der Waals surface area contributed by atoms with E-state index in [0.29, 0.717) is 4.47 Å². The van der Waals surface area contributed by atoms with E-state index in [2.05, 4.69) is 4.84 Å². The molecule has 1 aliphatic heterocycles. The molecule has 28 heavy (non-hydrogen) atoms. The first-order valence-corrected chi connectivity index (χ1v) is 9.47. The molecular formula is C18H16N2O7S. The summed E-state index contributed by atoms with van der Waals surface area (Å²) in [6.07, 6.45) is 0. The molecule has 10 heteroatoms. The van der Waals surface area contributed by atoms with Crippen LogP contribution in [0.2, 0.25) is 0 Å². The van der Waals surface area contributed by atoms with Crippen LogP contribution in [0.5, 0.6) is 0 Å². The normalized spacial score (nSPS) is 13.8. The molecule has 0 N–H and O–H groups in total. The lowest BCUT2D eigenvalue weighted by Crippen LogP contribution is -2.33. The quantitative estimate of drug-likeness (QED) is 0.405. The van der Waals surface area contributed by atoms with E-state index >= 15 is 0 Å². The molecule has 146 valence electrons. The first-order valence-electron chi connectivity index (χ1n) is 8.03. The number of ether oxygens (including phenoxy) is 1. The molecule has 9 nitrogen and oxygen atoms in total. The van der Waals surface area contributed by atoms with Crippen LogP contribution in [0.3, 0.4) is 0 Å². The summed E-state index contributed by atoms with van der Waals surface area (Å²) in [6.45, 7) is -0.583. The number of fused-ring (bicyclic) bond motifs is 1. The summed E-state index contributed by atoms with van der Waals surface area (Å²) in [5, 5.41) is 0. The van der Waals surface area contributed by atoms with E-state index in [1.807, 2.05) is 0 Å². The largest absolute Gasteiger partial charge is 0.440 e. The smallest absolute Gasteiger partial charge is 0.339 e. The first kappa shape index (κ1) is 19.7. The second-order valence-electron chi connectivity index (χ2n) is 5.77. The summed E-state index contributed by atoms with van der Waals surface area (Å²) < 4.78 is 30.2. The Labute approximate surface area is 161 Å². The van der Waals surface area contributed by atoms with Gasteiger partial charge in [-0.25, -0.2) is 18.1 Å². The zero-order chi connectivity index (χ0) is 20.5. The molecule has 0 saturated heterocycles. The molecule has 0 aromatic heterocycles. The lowest BCUT2D eigenvalue weighted by Gasteiger charge is -2.15. The number of hydroxylamine groups is 1. The monoisotopic (exact) mass is 404 g/mol. The van der Waals surface area contributed by atoms with Crippen LogP contribution in [0.4, 0.5) is 0 Å². The summed E-state index contributed by atoms with van der Waals surface area (Å²) in [7, 11) is -1.54. The van der Waals surface area contributed by atoms with Gasteiger partial charge in [0.1, 0.15) is 0 Å². The molecule has 0 spiro atoms. The van der Waals surface area contributed by atoms with E-state index in [1.54, 1.807) is 12.1 Å². The van der Waals surface area contributed by atoms with Crippen LogP contribution in [0, 0.1) is 0 Å². The Morgan fingerprint density at radius 3 is 2.21 bits per heavy atom. The molecule has 0 bridgehead atoms. The van der Waals surface area contributed by atoms with Gasteiger partial charge in [-0.1, -0.05) is 22.7 Å². The third kappa shape index (κ3) is 3.40. The zero-order valence-corrected chi connectivity index (χ0v) is 15.8. The Balaban J connectivity index is 1.74. The van der Waals surface area contributed by atoms with Gasteiger partial charge in [0.2, 0.25) is 0 Å². The van der Waals surface area contributed by atoms with Crippen molar-refractivity contribution >= 4 is 27.8 Å². The van der Waals surface area contributed by atoms with Crippen molar-refractivity contribution in [3.05, 3.63) is 65.2 Å². The third-order valence-electron chi connectivity index (χ3n) is 4.17. The molecule has 0 saturated carbocycles. The number of sulfonamides is 1. The van der Waals surface area contributed by atoms with Crippen LogP contribution < -0.4 is 0 Å². The minimum Gasteiger partial charge on any atom is -0.440 e. The van der Waals surface area contributed by atoms with Gasteiger partial charge in [0.05, 0.1) is 28.7 Å². The van der Waals surface area contributed by atoms with Crippen LogP contribution in [0.25, 0.3) is 0 Å². The minimum absolute atomic E-state index is 0.0535. The molecule has 2 amide bonds. The van der Waals surface area contributed by atoms with Gasteiger partial charge in [0.15, 0.2) is 6.73 Å². The highest BCUT2D eigenvalue weighted by Gasteiger charge is 2.35. The Hall–Kier alpha value is -3.08. The van der Waals surface area contributed by atoms with Crippen LogP contribution >= 0.6 is 0 Å². The number of imide groups is 1. The number of amides is 2. The molecule has 0 unspecified atom stereocenters. The number of carbonyl (C=O) groups is 3. The van der Waals surface area contributed by atoms with Crippen molar-refractivity contribution in [2.75, 3.05) is 20.9 Å². The standard InChI is InChI=1S/C18H16N2O7S/c1-19(26-2)28(24,25)13-7-5-6-12(10-13)18(23)27-11-20-16(21)14-8-3-4-9-15(14)17(20)22/h3-10H,11H2,1-2H3. The molecule has 1 aliphatic rings. The maximum absolute atomic E-state index is 12.3. The molecule has 0 atom stereocenters. The third-order valence-corrected chi connectivity index (χ3v) is 5.84. The van der Waals surface area contributed by atoms with E-state index in [-0.39, 0.29) is 21.6 Å². The first-order chi connectivity index (χ1) is 13.3. The van der Waals surface area contributed by atoms with Crippen LogP contribution in [0.15, 0.2) is 53.4 Å². The topological polar surface area (TPSA) is 110 Å². The second kappa shape index (κ2) is 7.50. The second-order valence-corrected chi connectivity index (χ2v) is 7.71. The fourth-order valence-corrected chi connectivity index (χ4v) is 3.61. The molecule has 0 fully saturated rings. The highest BCUT2D eigenvalue weighted by atomic mass is 32.2. The van der Waals surface area contributed by atoms with Gasteiger partial charge in [0, 0.05) is 7.05 Å². The van der Waals surface area contributed by atoms with Gasteiger partial charge < -0.3 is 4.74 Å². The Kier molecular flexibility index (Phi) is 5.27. The summed E-state index contributed by atoms with van der Waals surface area (Å²) in [5.74, 6) is -2.01. The van der Waals surface area contributed by atoms with Crippen molar-refractivity contribution in [1.29, 1.82) is 0 Å². The average Bonchev–Trinajstić information content (AvgIpc) is 2.96. The number of rotatable bonds is 6. The van der Waals surface area contributed by atoms with E-state index in [0.717, 1.165) is 11.0 Å². The lowest BCUT2D eigenvalue weighted by molar-refractivity contribution is -0.0258. The van der Waals surface area contributed by atoms with Gasteiger partial charge in [-0.15, -0.1) is 0 Å². The summed E-state index contributed by atoms with van der Waals surface area (Å²) in [5.41, 5.74) is 0.417. The van der Waals surface area contributed by atoms with Gasteiger partial charge in [-0.3, -0.25) is 14.4 Å². The highest BCUT2D eigenvalue weighted by molar-refractivity contribution is 7.89. The zero-order valence-electron chi connectivity index (χ0n) is 15.0. The maximum Gasteiger partial charge on any atom is 0.339 e. The molecule has 1 heterocycles. The predicted octanol–water partition coefficient (Wildman–Crippen LogP) is 1.28. The molecule has 2 aromatic carbocycles. The number of carbonyl (C=O) groups excluding carboxylic acids is 3. The van der Waals surface area contributed by atoms with Crippen molar-refractivity contribution in [2.24, 2.45) is 0 Å². The predicted molar refractivity (Wildman–Crippen MR) is 95.6 cm³/mol.